The Morgan fingerprint density at radius 1 is 1.12 bits per heavy atom. The molecule has 0 spiro atoms. The van der Waals surface area contributed by atoms with Crippen LogP contribution < -0.4 is 48.0 Å². The minimum atomic E-state index is 0. The summed E-state index contributed by atoms with van der Waals surface area (Å²) in [5.74, 6) is 0. The minimum absolute atomic E-state index is 0. The van der Waals surface area contributed by atoms with E-state index in [1.807, 2.05) is 25.2 Å². The summed E-state index contributed by atoms with van der Waals surface area (Å²) < 4.78 is 2.09. The topological polar surface area (TPSA) is 0 Å². The number of allylic oxidation sites excluding steroid dienone is 3. The van der Waals surface area contributed by atoms with Crippen LogP contribution in [0, 0.1) is 0 Å². The first-order chi connectivity index (χ1) is 2.91. The van der Waals surface area contributed by atoms with Gasteiger partial charge in [0, 0.05) is 0 Å². The Hall–Kier alpha value is 1.82. The largest absolute Gasteiger partial charge is 1.00 e. The van der Waals surface area contributed by atoms with Crippen LogP contribution in [-0.2, 0) is 24.7 Å². The van der Waals surface area contributed by atoms with Crippen molar-refractivity contribution in [3.63, 3.8) is 0 Å². The Labute approximate surface area is 100 Å². The third kappa shape index (κ3) is 15.7. The summed E-state index contributed by atoms with van der Waals surface area (Å²) in [6, 6.07) is 0. The Balaban J connectivity index is -0.000000125. The molecule has 0 unspecified atom stereocenters. The molecule has 0 bridgehead atoms. The fourth-order valence-corrected chi connectivity index (χ4v) is 0.440. The molecule has 8 heavy (non-hydrogen) atoms. The van der Waals surface area contributed by atoms with Gasteiger partial charge in [0.05, 0.1) is 0 Å². The van der Waals surface area contributed by atoms with Crippen molar-refractivity contribution in [1.29, 1.82) is 0 Å². The van der Waals surface area contributed by atoms with E-state index >= 15 is 0 Å². The Morgan fingerprint density at radius 3 is 1.75 bits per heavy atom. The van der Waals surface area contributed by atoms with Crippen LogP contribution in [0.15, 0.2) is 22.0 Å². The quantitative estimate of drug-likeness (QED) is 0.302. The maximum atomic E-state index is 2.09. The van der Waals surface area contributed by atoms with E-state index in [9.17, 15) is 0 Å². The molecule has 0 aromatic carbocycles. The monoisotopic (exact) mass is 411 g/mol. The summed E-state index contributed by atoms with van der Waals surface area (Å²) in [4.78, 5) is 0. The van der Waals surface area contributed by atoms with Crippen LogP contribution in [0.5, 0.6) is 0 Å². The number of rotatable bonds is 1. The summed E-state index contributed by atoms with van der Waals surface area (Å²) >= 11 is 1.46. The van der Waals surface area contributed by atoms with E-state index in [2.05, 4.69) is 3.78 Å². The van der Waals surface area contributed by atoms with Gasteiger partial charge in [-0.3, -0.25) is 0 Å². The molecule has 0 rings (SSSR count). The van der Waals surface area contributed by atoms with Crippen LogP contribution in [0.4, 0.5) is 0 Å². The molecule has 45 valence electrons. The Kier molecular flexibility index (Phi) is 32.7. The second kappa shape index (κ2) is 15.9. The van der Waals surface area contributed by atoms with Crippen LogP contribution in [0.25, 0.3) is 0 Å². The van der Waals surface area contributed by atoms with E-state index in [4.69, 9.17) is 0 Å². The molecule has 3 heteroatoms. The molecule has 0 aromatic heterocycles. The van der Waals surface area contributed by atoms with Gasteiger partial charge in [0.15, 0.2) is 0 Å². The summed E-state index contributed by atoms with van der Waals surface area (Å²) in [5, 5.41) is 0. The van der Waals surface area contributed by atoms with Crippen molar-refractivity contribution in [2.75, 3.05) is 0 Å². The predicted molar refractivity (Wildman–Crippen MR) is 24.0 cm³/mol. The van der Waals surface area contributed by atoms with E-state index < -0.39 is 0 Å². The number of hydrogen-bond acceptors (Lipinski definition) is 0. The molecule has 0 N–H and O–H groups in total. The maximum absolute atomic E-state index is 2.09. The van der Waals surface area contributed by atoms with Gasteiger partial charge in [-0.25, -0.2) is 0 Å². The second-order valence-corrected chi connectivity index (χ2v) is 1.70. The fraction of sp³-hybridized carbons (Fsp3) is 0.200. The van der Waals surface area contributed by atoms with Crippen molar-refractivity contribution < 1.29 is 72.7 Å². The second-order valence-electron chi connectivity index (χ2n) is 0.885. The zero-order valence-corrected chi connectivity index (χ0v) is 11.3. The Bertz CT molecular complexity index is 58.8. The van der Waals surface area contributed by atoms with E-state index in [1.165, 1.54) is 24.7 Å². The van der Waals surface area contributed by atoms with Gasteiger partial charge in [0.1, 0.15) is 0 Å². The van der Waals surface area contributed by atoms with Crippen molar-refractivity contribution in [3.8, 4) is 0 Å². The molecule has 0 amide bonds. The summed E-state index contributed by atoms with van der Waals surface area (Å²) in [7, 11) is 0. The van der Waals surface area contributed by atoms with Crippen LogP contribution in [-0.4, -0.2) is 0 Å². The molecule has 0 atom stereocenters. The minimum Gasteiger partial charge on any atom is -1.00 e. The maximum Gasteiger partial charge on any atom is -1.00 e. The van der Waals surface area contributed by atoms with Crippen molar-refractivity contribution >= 4 is 0 Å². The third-order valence-electron chi connectivity index (χ3n) is 0.400. The van der Waals surface area contributed by atoms with Gasteiger partial charge in [-0.1, -0.05) is 0 Å². The van der Waals surface area contributed by atoms with E-state index in [0.717, 1.165) is 0 Å². The van der Waals surface area contributed by atoms with E-state index in [0.29, 0.717) is 0 Å². The smallest absolute Gasteiger partial charge is 1.00 e. The average Bonchev–Trinajstić information content (AvgIpc) is 1.61. The normalized spacial score (nSPS) is 8.88. The Morgan fingerprint density at radius 2 is 1.62 bits per heavy atom. The predicted octanol–water partition coefficient (Wildman–Crippen LogP) is -4.37. The molecule has 0 radical (unpaired) electrons. The molecular weight excluding hydrogens is 405 g/mol. The molecule has 0 aliphatic rings. The zero-order valence-electron chi connectivity index (χ0n) is 4.57. The van der Waals surface area contributed by atoms with Gasteiger partial charge in [0.2, 0.25) is 0 Å². The average molecular weight is 412 g/mol. The molecule has 0 saturated heterocycles. The molecule has 0 fully saturated rings. The summed E-state index contributed by atoms with van der Waals surface area (Å²) in [5.41, 5.74) is 0. The molecule has 0 heterocycles. The number of halogens is 2. The molecule has 0 saturated carbocycles. The van der Waals surface area contributed by atoms with Crippen LogP contribution in [0.2, 0.25) is 0 Å². The van der Waals surface area contributed by atoms with Crippen molar-refractivity contribution in [2.45, 2.75) is 6.92 Å². The number of hydrogen-bond donors (Lipinski definition) is 0. The van der Waals surface area contributed by atoms with Crippen molar-refractivity contribution in [1.82, 2.24) is 0 Å². The van der Waals surface area contributed by atoms with Gasteiger partial charge in [-0.2, -0.15) is 0 Å². The molecule has 0 nitrogen and oxygen atoms in total. The first-order valence-electron chi connectivity index (χ1n) is 1.87. The van der Waals surface area contributed by atoms with Gasteiger partial charge >= 0.3 is 53.7 Å². The standard InChI is InChI=1S/C5H7.2HI.Zr/c1-3-5-4-2;;;/h1,3-5H,2H3;2*1H;/q;;;+2/p-2. The molecule has 0 aliphatic carbocycles. The van der Waals surface area contributed by atoms with E-state index in [1.54, 1.807) is 0 Å². The first kappa shape index (κ1) is 16.4. The zero-order chi connectivity index (χ0) is 4.83. The van der Waals surface area contributed by atoms with Crippen LogP contribution >= 0.6 is 0 Å². The summed E-state index contributed by atoms with van der Waals surface area (Å²) in [6.45, 7) is 2.01. The van der Waals surface area contributed by atoms with Crippen LogP contribution in [0.3, 0.4) is 0 Å². The van der Waals surface area contributed by atoms with Crippen molar-refractivity contribution in [3.05, 3.63) is 22.0 Å². The fourth-order valence-electron chi connectivity index (χ4n) is 0.167. The molecular formula is C5H7I2Zr. The van der Waals surface area contributed by atoms with Gasteiger partial charge in [-0.15, -0.1) is 0 Å². The molecule has 0 aromatic rings. The summed E-state index contributed by atoms with van der Waals surface area (Å²) in [6.07, 6.45) is 6.08. The first-order valence-corrected chi connectivity index (χ1v) is 3.29. The van der Waals surface area contributed by atoms with Crippen LogP contribution in [0.1, 0.15) is 6.92 Å². The van der Waals surface area contributed by atoms with Gasteiger partial charge < -0.3 is 48.0 Å². The van der Waals surface area contributed by atoms with Gasteiger partial charge in [-0.05, 0) is 0 Å². The van der Waals surface area contributed by atoms with E-state index in [-0.39, 0.29) is 48.0 Å². The van der Waals surface area contributed by atoms with Gasteiger partial charge in [0.25, 0.3) is 0 Å². The SMILES string of the molecule is CC=CC=[CH][Zr+2].[I-].[I-]. The van der Waals surface area contributed by atoms with Crippen molar-refractivity contribution in [2.24, 2.45) is 0 Å². The third-order valence-corrected chi connectivity index (χ3v) is 0.873. The molecule has 0 aliphatic heterocycles.